The van der Waals surface area contributed by atoms with Crippen LogP contribution in [-0.2, 0) is 4.79 Å². The van der Waals surface area contributed by atoms with Gasteiger partial charge in [-0.1, -0.05) is 29.4 Å². The zero-order valence-electron chi connectivity index (χ0n) is 19.0. The number of aromatic nitrogens is 2. The van der Waals surface area contributed by atoms with Crippen LogP contribution in [0, 0.1) is 0 Å². The van der Waals surface area contributed by atoms with E-state index in [2.05, 4.69) is 31.4 Å². The van der Waals surface area contributed by atoms with E-state index in [1.165, 1.54) is 11.8 Å². The average molecular weight is 500 g/mol. The molecule has 1 N–H and O–H groups in total. The summed E-state index contributed by atoms with van der Waals surface area (Å²) in [5, 5.41) is 13.0. The molecule has 0 aliphatic carbocycles. The predicted molar refractivity (Wildman–Crippen MR) is 137 cm³/mol. The minimum Gasteiger partial charge on any atom is -0.497 e. The topological polar surface area (TPSA) is 79.8 Å². The van der Waals surface area contributed by atoms with Gasteiger partial charge in [0.25, 0.3) is 0 Å². The number of amides is 1. The summed E-state index contributed by atoms with van der Waals surface area (Å²) in [7, 11) is 3.13. The van der Waals surface area contributed by atoms with Gasteiger partial charge >= 0.3 is 0 Å². The van der Waals surface area contributed by atoms with Crippen molar-refractivity contribution in [2.45, 2.75) is 5.03 Å². The van der Waals surface area contributed by atoms with Crippen LogP contribution in [0.25, 0.3) is 0 Å². The monoisotopic (exact) mass is 499 g/mol. The molecule has 1 aliphatic heterocycles. The number of thioether (sulfide) groups is 1. The van der Waals surface area contributed by atoms with Gasteiger partial charge in [-0.3, -0.25) is 4.79 Å². The van der Waals surface area contributed by atoms with Gasteiger partial charge in [-0.2, -0.15) is 0 Å². The first-order valence-corrected chi connectivity index (χ1v) is 12.2. The average Bonchev–Trinajstić information content (AvgIpc) is 2.87. The first-order valence-electron chi connectivity index (χ1n) is 10.8. The zero-order valence-corrected chi connectivity index (χ0v) is 20.6. The normalized spacial score (nSPS) is 13.5. The predicted octanol–water partition coefficient (Wildman–Crippen LogP) is 4.20. The Kier molecular flexibility index (Phi) is 7.97. The largest absolute Gasteiger partial charge is 0.497 e. The van der Waals surface area contributed by atoms with Crippen molar-refractivity contribution in [3.63, 3.8) is 0 Å². The lowest BCUT2D eigenvalue weighted by Gasteiger charge is -2.36. The van der Waals surface area contributed by atoms with Crippen molar-refractivity contribution in [3.05, 3.63) is 59.6 Å². The van der Waals surface area contributed by atoms with E-state index in [0.717, 1.165) is 42.7 Å². The van der Waals surface area contributed by atoms with E-state index in [0.29, 0.717) is 22.2 Å². The van der Waals surface area contributed by atoms with E-state index in [-0.39, 0.29) is 11.7 Å². The summed E-state index contributed by atoms with van der Waals surface area (Å²) in [5.74, 6) is 2.12. The number of hydrogen-bond acceptors (Lipinski definition) is 8. The third kappa shape index (κ3) is 6.24. The lowest BCUT2D eigenvalue weighted by molar-refractivity contribution is -0.113. The molecule has 178 valence electrons. The Morgan fingerprint density at radius 2 is 1.68 bits per heavy atom. The van der Waals surface area contributed by atoms with Crippen LogP contribution in [-0.4, -0.2) is 62.3 Å². The highest BCUT2D eigenvalue weighted by Crippen LogP contribution is 2.26. The fraction of sp³-hybridized carbons (Fsp3) is 0.292. The van der Waals surface area contributed by atoms with Gasteiger partial charge in [0.05, 0.1) is 20.0 Å². The highest BCUT2D eigenvalue weighted by atomic mass is 35.5. The smallest absolute Gasteiger partial charge is 0.234 e. The standard InChI is InChI=1S/C24H26ClN5O3S/c1-32-20-13-18(14-21(15-20)33-2)26-23(31)16-34-24-7-6-22(27-28-24)30-10-8-29(9-11-30)19-5-3-4-17(25)12-19/h3-7,12-15H,8-11,16H2,1-2H3,(H,26,31). The zero-order chi connectivity index (χ0) is 23.9. The number of piperazine rings is 1. The summed E-state index contributed by atoms with van der Waals surface area (Å²) in [6.45, 7) is 3.46. The van der Waals surface area contributed by atoms with E-state index in [9.17, 15) is 4.79 Å². The van der Waals surface area contributed by atoms with Crippen LogP contribution in [0.1, 0.15) is 0 Å². The molecule has 34 heavy (non-hydrogen) atoms. The summed E-state index contributed by atoms with van der Waals surface area (Å²) in [6.07, 6.45) is 0. The molecule has 2 heterocycles. The highest BCUT2D eigenvalue weighted by Gasteiger charge is 2.19. The molecule has 0 atom stereocenters. The number of carbonyl (C=O) groups excluding carboxylic acids is 1. The van der Waals surface area contributed by atoms with Crippen molar-refractivity contribution < 1.29 is 14.3 Å². The van der Waals surface area contributed by atoms with Gasteiger partial charge in [-0.05, 0) is 30.3 Å². The highest BCUT2D eigenvalue weighted by molar-refractivity contribution is 7.99. The maximum atomic E-state index is 12.4. The summed E-state index contributed by atoms with van der Waals surface area (Å²) in [6, 6.07) is 17.0. The molecule has 1 amide bonds. The number of nitrogens with zero attached hydrogens (tertiary/aromatic N) is 4. The molecule has 0 saturated carbocycles. The summed E-state index contributed by atoms with van der Waals surface area (Å²) in [4.78, 5) is 16.9. The molecular weight excluding hydrogens is 474 g/mol. The van der Waals surface area contributed by atoms with E-state index < -0.39 is 0 Å². The van der Waals surface area contributed by atoms with Crippen LogP contribution in [0.15, 0.2) is 59.6 Å². The summed E-state index contributed by atoms with van der Waals surface area (Å²) >= 11 is 7.46. The van der Waals surface area contributed by atoms with E-state index in [4.69, 9.17) is 21.1 Å². The molecule has 8 nitrogen and oxygen atoms in total. The van der Waals surface area contributed by atoms with Gasteiger partial charge in [0.15, 0.2) is 5.82 Å². The molecular formula is C24H26ClN5O3S. The Balaban J connectivity index is 1.27. The number of anilines is 3. The third-order valence-electron chi connectivity index (χ3n) is 5.39. The molecule has 3 aromatic rings. The van der Waals surface area contributed by atoms with Crippen LogP contribution in [0.5, 0.6) is 11.5 Å². The Hall–Kier alpha value is -3.17. The van der Waals surface area contributed by atoms with Crippen molar-refractivity contribution in [1.82, 2.24) is 10.2 Å². The van der Waals surface area contributed by atoms with Gasteiger partial charge in [0.1, 0.15) is 16.5 Å². The third-order valence-corrected chi connectivity index (χ3v) is 6.54. The molecule has 0 bridgehead atoms. The van der Waals surface area contributed by atoms with Crippen molar-refractivity contribution in [2.75, 3.05) is 61.3 Å². The summed E-state index contributed by atoms with van der Waals surface area (Å²) < 4.78 is 10.5. The molecule has 0 spiro atoms. The van der Waals surface area contributed by atoms with Crippen LogP contribution < -0.4 is 24.6 Å². The maximum Gasteiger partial charge on any atom is 0.234 e. The van der Waals surface area contributed by atoms with E-state index in [1.54, 1.807) is 32.4 Å². The second-order valence-corrected chi connectivity index (χ2v) is 9.05. The summed E-state index contributed by atoms with van der Waals surface area (Å²) in [5.41, 5.74) is 1.75. The van der Waals surface area contributed by atoms with Crippen LogP contribution in [0.4, 0.5) is 17.2 Å². The number of hydrogen-bond donors (Lipinski definition) is 1. The number of ether oxygens (including phenoxy) is 2. The SMILES string of the molecule is COc1cc(NC(=O)CSc2ccc(N3CCN(c4cccc(Cl)c4)CC3)nn2)cc(OC)c1. The van der Waals surface area contributed by atoms with Gasteiger partial charge in [0.2, 0.25) is 5.91 Å². The molecule has 1 aromatic heterocycles. The molecule has 0 radical (unpaired) electrons. The van der Waals surface area contributed by atoms with Crippen molar-refractivity contribution >= 4 is 46.5 Å². The number of rotatable bonds is 8. The quantitative estimate of drug-likeness (QED) is 0.462. The second kappa shape index (κ2) is 11.3. The van der Waals surface area contributed by atoms with Gasteiger partial charge < -0.3 is 24.6 Å². The molecule has 10 heteroatoms. The molecule has 1 aliphatic rings. The van der Waals surface area contributed by atoms with E-state index in [1.807, 2.05) is 30.3 Å². The molecule has 0 unspecified atom stereocenters. The molecule has 1 saturated heterocycles. The Morgan fingerprint density at radius 1 is 0.971 bits per heavy atom. The lowest BCUT2D eigenvalue weighted by Crippen LogP contribution is -2.46. The van der Waals surface area contributed by atoms with E-state index >= 15 is 0 Å². The number of methoxy groups -OCH3 is 2. The lowest BCUT2D eigenvalue weighted by atomic mass is 10.2. The fourth-order valence-corrected chi connectivity index (χ4v) is 4.44. The Morgan fingerprint density at radius 3 is 2.29 bits per heavy atom. The van der Waals surface area contributed by atoms with Crippen molar-refractivity contribution in [3.8, 4) is 11.5 Å². The first-order chi connectivity index (χ1) is 16.5. The minimum atomic E-state index is -0.150. The fourth-order valence-electron chi connectivity index (χ4n) is 3.64. The minimum absolute atomic E-state index is 0.150. The van der Waals surface area contributed by atoms with Crippen molar-refractivity contribution in [2.24, 2.45) is 0 Å². The van der Waals surface area contributed by atoms with Gasteiger partial charge in [-0.15, -0.1) is 10.2 Å². The van der Waals surface area contributed by atoms with Gasteiger partial charge in [0, 0.05) is 60.8 Å². The number of benzene rings is 2. The van der Waals surface area contributed by atoms with Crippen LogP contribution in [0.2, 0.25) is 5.02 Å². The number of carbonyl (C=O) groups is 1. The molecule has 2 aromatic carbocycles. The first kappa shape index (κ1) is 24.0. The molecule has 4 rings (SSSR count). The second-order valence-electron chi connectivity index (χ2n) is 7.62. The van der Waals surface area contributed by atoms with Crippen LogP contribution in [0.3, 0.4) is 0 Å². The maximum absolute atomic E-state index is 12.4. The van der Waals surface area contributed by atoms with Crippen molar-refractivity contribution in [1.29, 1.82) is 0 Å². The van der Waals surface area contributed by atoms with Crippen LogP contribution >= 0.6 is 23.4 Å². The number of nitrogens with one attached hydrogen (secondary N) is 1. The Labute approximate surface area is 208 Å². The number of halogens is 1. The molecule has 1 fully saturated rings. The Bertz CT molecular complexity index is 1100. The van der Waals surface area contributed by atoms with Gasteiger partial charge in [-0.25, -0.2) is 0 Å².